The number of carbonyl (C=O) groups is 1. The van der Waals surface area contributed by atoms with Crippen molar-refractivity contribution in [3.63, 3.8) is 0 Å². The lowest BCUT2D eigenvalue weighted by Crippen LogP contribution is -2.27. The second-order valence-electron chi connectivity index (χ2n) is 13.3. The topological polar surface area (TPSA) is 55.8 Å². The van der Waals surface area contributed by atoms with E-state index in [2.05, 4.69) is 86.8 Å². The van der Waals surface area contributed by atoms with Gasteiger partial charge in [-0.1, -0.05) is 164 Å². The Hall–Kier alpha value is -2.17. The maximum Gasteiger partial charge on any atom is 0.306 e. The Morgan fingerprint density at radius 2 is 0.918 bits per heavy atom. The largest absolute Gasteiger partial charge is 0.457 e. The minimum Gasteiger partial charge on any atom is -0.457 e. The van der Waals surface area contributed by atoms with E-state index in [1.807, 2.05) is 0 Å². The fourth-order valence-corrected chi connectivity index (χ4v) is 5.47. The summed E-state index contributed by atoms with van der Waals surface area (Å²) < 4.78 is 11.1. The van der Waals surface area contributed by atoms with Crippen LogP contribution in [0.2, 0.25) is 0 Å². The maximum atomic E-state index is 12.2. The Bertz CT molecular complexity index is 850. The second kappa shape index (κ2) is 42.0. The van der Waals surface area contributed by atoms with Gasteiger partial charge in [-0.3, -0.25) is 4.79 Å². The number of carbonyl (C=O) groups excluding carboxylic acids is 1. The van der Waals surface area contributed by atoms with E-state index in [0.29, 0.717) is 13.0 Å². The molecule has 0 aliphatic carbocycles. The van der Waals surface area contributed by atoms with Gasteiger partial charge < -0.3 is 14.6 Å². The standard InChI is InChI=1S/C45H78O4/c1-3-5-7-9-11-13-15-17-19-21-22-23-24-25-26-28-30-32-34-36-38-40-45(47)49-44(42-46)43-48-41-39-37-35-33-31-29-27-20-18-16-14-12-10-8-6-4-2/h6,8,12,14-15,17-18,20-22,29,31,44,46H,3-5,7,9-11,13,16,19,23-28,30,32-43H2,1-2H3/b8-6-,14-12-,17-15-,20-18-,22-21-,31-29-. The summed E-state index contributed by atoms with van der Waals surface area (Å²) in [5.41, 5.74) is 0. The Kier molecular flexibility index (Phi) is 40.1. The van der Waals surface area contributed by atoms with Crippen molar-refractivity contribution in [1.82, 2.24) is 0 Å². The molecule has 0 saturated carbocycles. The van der Waals surface area contributed by atoms with Gasteiger partial charge in [-0.25, -0.2) is 0 Å². The Labute approximate surface area is 304 Å². The third-order valence-corrected chi connectivity index (χ3v) is 8.52. The molecule has 0 rings (SSSR count). The first-order valence-electron chi connectivity index (χ1n) is 20.5. The highest BCUT2D eigenvalue weighted by molar-refractivity contribution is 5.69. The van der Waals surface area contributed by atoms with Gasteiger partial charge in [0.2, 0.25) is 0 Å². The zero-order valence-corrected chi connectivity index (χ0v) is 32.2. The van der Waals surface area contributed by atoms with E-state index in [9.17, 15) is 9.90 Å². The summed E-state index contributed by atoms with van der Waals surface area (Å²) in [5.74, 6) is -0.219. The van der Waals surface area contributed by atoms with Gasteiger partial charge in [0.25, 0.3) is 0 Å². The van der Waals surface area contributed by atoms with Crippen LogP contribution in [0.5, 0.6) is 0 Å². The van der Waals surface area contributed by atoms with Crippen LogP contribution in [0.1, 0.15) is 181 Å². The predicted molar refractivity (Wildman–Crippen MR) is 214 cm³/mol. The molecule has 0 aromatic carbocycles. The minimum atomic E-state index is -0.556. The van der Waals surface area contributed by atoms with Crippen LogP contribution >= 0.6 is 0 Å². The lowest BCUT2D eigenvalue weighted by molar-refractivity contribution is -0.154. The molecule has 1 unspecified atom stereocenters. The Morgan fingerprint density at radius 1 is 0.510 bits per heavy atom. The van der Waals surface area contributed by atoms with Gasteiger partial charge in [0.15, 0.2) is 0 Å². The zero-order chi connectivity index (χ0) is 35.6. The predicted octanol–water partition coefficient (Wildman–Crippen LogP) is 13.4. The average Bonchev–Trinajstić information content (AvgIpc) is 3.11. The first kappa shape index (κ1) is 46.8. The van der Waals surface area contributed by atoms with E-state index < -0.39 is 6.10 Å². The van der Waals surface area contributed by atoms with Crippen LogP contribution < -0.4 is 0 Å². The fourth-order valence-electron chi connectivity index (χ4n) is 5.47. The molecular weight excluding hydrogens is 604 g/mol. The van der Waals surface area contributed by atoms with Gasteiger partial charge in [-0.05, 0) is 83.5 Å². The molecule has 0 aliphatic rings. The van der Waals surface area contributed by atoms with E-state index in [-0.39, 0.29) is 19.2 Å². The van der Waals surface area contributed by atoms with Crippen LogP contribution in [0.3, 0.4) is 0 Å². The van der Waals surface area contributed by atoms with Crippen LogP contribution in [0.15, 0.2) is 72.9 Å². The SMILES string of the molecule is CC/C=C\C/C=C\C/C=C\C/C=C\CCCCCOCC(CO)OC(=O)CCCCCCCCCCC/C=C\C/C=C\CCCCCCC. The quantitative estimate of drug-likeness (QED) is 0.0402. The normalized spacial score (nSPS) is 13.1. The van der Waals surface area contributed by atoms with Crippen molar-refractivity contribution in [3.05, 3.63) is 72.9 Å². The monoisotopic (exact) mass is 683 g/mol. The van der Waals surface area contributed by atoms with E-state index in [4.69, 9.17) is 9.47 Å². The molecule has 4 nitrogen and oxygen atoms in total. The van der Waals surface area contributed by atoms with Crippen LogP contribution in [-0.4, -0.2) is 37.0 Å². The molecule has 282 valence electrons. The summed E-state index contributed by atoms with van der Waals surface area (Å²) in [6.07, 6.45) is 56.7. The first-order valence-corrected chi connectivity index (χ1v) is 20.5. The minimum absolute atomic E-state index is 0.190. The molecule has 0 saturated heterocycles. The van der Waals surface area contributed by atoms with Gasteiger partial charge in [0.1, 0.15) is 6.10 Å². The third kappa shape index (κ3) is 40.1. The molecule has 1 atom stereocenters. The molecule has 0 radical (unpaired) electrons. The summed E-state index contributed by atoms with van der Waals surface area (Å²) >= 11 is 0. The number of unbranched alkanes of at least 4 members (excludes halogenated alkanes) is 17. The number of aliphatic hydroxyl groups excluding tert-OH is 1. The van der Waals surface area contributed by atoms with Crippen molar-refractivity contribution in [3.8, 4) is 0 Å². The molecule has 49 heavy (non-hydrogen) atoms. The first-order chi connectivity index (χ1) is 24.2. The zero-order valence-electron chi connectivity index (χ0n) is 32.2. The molecule has 0 heterocycles. The number of hydrogen-bond donors (Lipinski definition) is 1. The molecule has 0 fully saturated rings. The highest BCUT2D eigenvalue weighted by Gasteiger charge is 2.13. The molecule has 0 bridgehead atoms. The number of esters is 1. The Balaban J connectivity index is 3.51. The summed E-state index contributed by atoms with van der Waals surface area (Å²) in [6.45, 7) is 5.14. The highest BCUT2D eigenvalue weighted by Crippen LogP contribution is 2.13. The van der Waals surface area contributed by atoms with Crippen LogP contribution in [0, 0.1) is 0 Å². The van der Waals surface area contributed by atoms with Crippen molar-refractivity contribution in [2.45, 2.75) is 187 Å². The number of ether oxygens (including phenoxy) is 2. The van der Waals surface area contributed by atoms with Crippen molar-refractivity contribution in [1.29, 1.82) is 0 Å². The van der Waals surface area contributed by atoms with Crippen LogP contribution in [-0.2, 0) is 14.3 Å². The summed E-state index contributed by atoms with van der Waals surface area (Å²) in [4.78, 5) is 12.2. The molecule has 4 heteroatoms. The Morgan fingerprint density at radius 3 is 1.39 bits per heavy atom. The smallest absolute Gasteiger partial charge is 0.306 e. The van der Waals surface area contributed by atoms with Crippen molar-refractivity contribution < 1.29 is 19.4 Å². The van der Waals surface area contributed by atoms with Gasteiger partial charge in [0, 0.05) is 13.0 Å². The second-order valence-corrected chi connectivity index (χ2v) is 13.3. The summed E-state index contributed by atoms with van der Waals surface area (Å²) in [7, 11) is 0. The van der Waals surface area contributed by atoms with E-state index >= 15 is 0 Å². The average molecular weight is 683 g/mol. The van der Waals surface area contributed by atoms with Gasteiger partial charge in [-0.2, -0.15) is 0 Å². The van der Waals surface area contributed by atoms with Gasteiger partial charge in [0.05, 0.1) is 13.2 Å². The molecule has 1 N–H and O–H groups in total. The van der Waals surface area contributed by atoms with E-state index in [1.54, 1.807) is 0 Å². The van der Waals surface area contributed by atoms with E-state index in [0.717, 1.165) is 70.6 Å². The summed E-state index contributed by atoms with van der Waals surface area (Å²) in [6, 6.07) is 0. The molecule has 0 aromatic heterocycles. The molecule has 0 aromatic rings. The van der Waals surface area contributed by atoms with Gasteiger partial charge >= 0.3 is 5.97 Å². The van der Waals surface area contributed by atoms with Crippen molar-refractivity contribution >= 4 is 5.97 Å². The number of allylic oxidation sites excluding steroid dienone is 12. The molecular formula is C45H78O4. The third-order valence-electron chi connectivity index (χ3n) is 8.52. The van der Waals surface area contributed by atoms with Crippen molar-refractivity contribution in [2.75, 3.05) is 19.8 Å². The maximum absolute atomic E-state index is 12.2. The number of aliphatic hydroxyl groups is 1. The number of rotatable bonds is 37. The lowest BCUT2D eigenvalue weighted by Gasteiger charge is -2.15. The van der Waals surface area contributed by atoms with Gasteiger partial charge in [-0.15, -0.1) is 0 Å². The van der Waals surface area contributed by atoms with Crippen molar-refractivity contribution in [2.24, 2.45) is 0 Å². The molecule has 0 aliphatic heterocycles. The molecule has 0 spiro atoms. The van der Waals surface area contributed by atoms with Crippen LogP contribution in [0.4, 0.5) is 0 Å². The lowest BCUT2D eigenvalue weighted by atomic mass is 10.1. The van der Waals surface area contributed by atoms with E-state index in [1.165, 1.54) is 89.9 Å². The van der Waals surface area contributed by atoms with Crippen LogP contribution in [0.25, 0.3) is 0 Å². The number of hydrogen-bond acceptors (Lipinski definition) is 4. The summed E-state index contributed by atoms with van der Waals surface area (Å²) in [5, 5.41) is 9.58. The molecule has 0 amide bonds. The fraction of sp³-hybridized carbons (Fsp3) is 0.711. The highest BCUT2D eigenvalue weighted by atomic mass is 16.6.